The van der Waals surface area contributed by atoms with Crippen LogP contribution in [0.15, 0.2) is 23.1 Å². The van der Waals surface area contributed by atoms with Crippen LogP contribution in [0.2, 0.25) is 0 Å². The Bertz CT molecular complexity index is 339. The minimum atomic E-state index is 0.561. The molecule has 0 radical (unpaired) electrons. The van der Waals surface area contributed by atoms with Crippen molar-refractivity contribution in [2.75, 3.05) is 20.4 Å². The summed E-state index contributed by atoms with van der Waals surface area (Å²) in [7, 11) is 3.87. The van der Waals surface area contributed by atoms with E-state index in [2.05, 4.69) is 50.2 Å². The molecule has 0 fully saturated rings. The van der Waals surface area contributed by atoms with Crippen molar-refractivity contribution >= 4 is 11.8 Å². The van der Waals surface area contributed by atoms with E-state index in [9.17, 15) is 0 Å². The second kappa shape index (κ2) is 6.16. The topological polar surface area (TPSA) is 12.5 Å². The smallest absolute Gasteiger partial charge is 0.132 e. The standard InChI is InChI=1S/C13H21NOS/c1-10(2)14(3)9-11-6-7-13(16-5)12(8-11)15-4/h6-8,10H,9H2,1-5H3. The van der Waals surface area contributed by atoms with Gasteiger partial charge in [-0.3, -0.25) is 4.90 Å². The molecule has 0 atom stereocenters. The van der Waals surface area contributed by atoms with Gasteiger partial charge in [-0.1, -0.05) is 6.07 Å². The highest BCUT2D eigenvalue weighted by atomic mass is 32.2. The summed E-state index contributed by atoms with van der Waals surface area (Å²) in [6, 6.07) is 7.00. The zero-order valence-corrected chi connectivity index (χ0v) is 11.6. The third-order valence-corrected chi connectivity index (χ3v) is 3.54. The normalized spacial score (nSPS) is 11.2. The first-order valence-electron chi connectivity index (χ1n) is 5.49. The van der Waals surface area contributed by atoms with Crippen molar-refractivity contribution in [3.05, 3.63) is 23.8 Å². The van der Waals surface area contributed by atoms with Crippen LogP contribution in [-0.2, 0) is 6.54 Å². The molecule has 0 aliphatic heterocycles. The van der Waals surface area contributed by atoms with Crippen LogP contribution in [0.3, 0.4) is 0 Å². The van der Waals surface area contributed by atoms with Crippen molar-refractivity contribution in [3.63, 3.8) is 0 Å². The maximum Gasteiger partial charge on any atom is 0.132 e. The van der Waals surface area contributed by atoms with Gasteiger partial charge >= 0.3 is 0 Å². The Morgan fingerprint density at radius 2 is 2.06 bits per heavy atom. The minimum Gasteiger partial charge on any atom is -0.496 e. The lowest BCUT2D eigenvalue weighted by Gasteiger charge is -2.21. The van der Waals surface area contributed by atoms with Crippen LogP contribution in [-0.4, -0.2) is 31.4 Å². The number of nitrogens with zero attached hydrogens (tertiary/aromatic N) is 1. The third-order valence-electron chi connectivity index (χ3n) is 2.76. The molecule has 3 heteroatoms. The van der Waals surface area contributed by atoms with Crippen LogP contribution in [0.1, 0.15) is 19.4 Å². The van der Waals surface area contributed by atoms with Crippen molar-refractivity contribution in [2.24, 2.45) is 0 Å². The Morgan fingerprint density at radius 3 is 2.56 bits per heavy atom. The maximum absolute atomic E-state index is 5.38. The van der Waals surface area contributed by atoms with Gasteiger partial charge in [-0.05, 0) is 44.8 Å². The molecule has 0 aromatic heterocycles. The van der Waals surface area contributed by atoms with E-state index in [1.165, 1.54) is 10.5 Å². The lowest BCUT2D eigenvalue weighted by molar-refractivity contribution is 0.265. The molecule has 0 spiro atoms. The van der Waals surface area contributed by atoms with Crippen molar-refractivity contribution in [3.8, 4) is 5.75 Å². The predicted molar refractivity (Wildman–Crippen MR) is 71.4 cm³/mol. The molecule has 0 N–H and O–H groups in total. The molecular formula is C13H21NOS. The Labute approximate surface area is 103 Å². The highest BCUT2D eigenvalue weighted by Crippen LogP contribution is 2.28. The first kappa shape index (κ1) is 13.4. The molecule has 90 valence electrons. The fourth-order valence-electron chi connectivity index (χ4n) is 1.45. The predicted octanol–water partition coefficient (Wildman–Crippen LogP) is 3.26. The van der Waals surface area contributed by atoms with Crippen LogP contribution >= 0.6 is 11.8 Å². The van der Waals surface area contributed by atoms with Gasteiger partial charge in [0, 0.05) is 17.5 Å². The Hall–Kier alpha value is -0.670. The third kappa shape index (κ3) is 3.42. The number of benzene rings is 1. The summed E-state index contributed by atoms with van der Waals surface area (Å²) in [4.78, 5) is 3.51. The molecule has 0 aliphatic rings. The van der Waals surface area contributed by atoms with E-state index in [0.29, 0.717) is 6.04 Å². The molecular weight excluding hydrogens is 218 g/mol. The van der Waals surface area contributed by atoms with Gasteiger partial charge in [0.05, 0.1) is 7.11 Å². The van der Waals surface area contributed by atoms with Crippen LogP contribution < -0.4 is 4.74 Å². The largest absolute Gasteiger partial charge is 0.496 e. The number of rotatable bonds is 5. The number of thioether (sulfide) groups is 1. The van der Waals surface area contributed by atoms with E-state index in [1.54, 1.807) is 18.9 Å². The Morgan fingerprint density at radius 1 is 1.38 bits per heavy atom. The summed E-state index contributed by atoms with van der Waals surface area (Å²) in [5.74, 6) is 0.974. The van der Waals surface area contributed by atoms with Gasteiger partial charge < -0.3 is 4.74 Å². The summed E-state index contributed by atoms with van der Waals surface area (Å²) >= 11 is 1.72. The van der Waals surface area contributed by atoms with Gasteiger partial charge in [-0.25, -0.2) is 0 Å². The van der Waals surface area contributed by atoms with Gasteiger partial charge in [0.2, 0.25) is 0 Å². The van der Waals surface area contributed by atoms with Gasteiger partial charge in [0.25, 0.3) is 0 Å². The average Bonchev–Trinajstić information content (AvgIpc) is 2.28. The molecule has 0 amide bonds. The maximum atomic E-state index is 5.38. The summed E-state index contributed by atoms with van der Waals surface area (Å²) < 4.78 is 5.38. The average molecular weight is 239 g/mol. The monoisotopic (exact) mass is 239 g/mol. The Balaban J connectivity index is 2.82. The second-order valence-electron chi connectivity index (χ2n) is 4.20. The molecule has 1 aromatic rings. The van der Waals surface area contributed by atoms with Crippen LogP contribution in [0, 0.1) is 0 Å². The van der Waals surface area contributed by atoms with Gasteiger partial charge in [0.15, 0.2) is 0 Å². The number of hydrogen-bond donors (Lipinski definition) is 0. The van der Waals surface area contributed by atoms with Gasteiger partial charge in [0.1, 0.15) is 5.75 Å². The van der Waals surface area contributed by atoms with E-state index < -0.39 is 0 Å². The van der Waals surface area contributed by atoms with E-state index >= 15 is 0 Å². The zero-order valence-electron chi connectivity index (χ0n) is 10.8. The van der Waals surface area contributed by atoms with Crippen molar-refractivity contribution in [1.29, 1.82) is 0 Å². The molecule has 0 saturated carbocycles. The summed E-state index contributed by atoms with van der Waals surface area (Å²) in [5, 5.41) is 0. The molecule has 16 heavy (non-hydrogen) atoms. The minimum absolute atomic E-state index is 0.561. The highest BCUT2D eigenvalue weighted by molar-refractivity contribution is 7.98. The molecule has 2 nitrogen and oxygen atoms in total. The van der Waals surface area contributed by atoms with Crippen LogP contribution in [0.4, 0.5) is 0 Å². The lowest BCUT2D eigenvalue weighted by atomic mass is 10.2. The van der Waals surface area contributed by atoms with Crippen LogP contribution in [0.25, 0.3) is 0 Å². The van der Waals surface area contributed by atoms with Crippen molar-refractivity contribution < 1.29 is 4.74 Å². The molecule has 0 unspecified atom stereocenters. The molecule has 0 bridgehead atoms. The zero-order chi connectivity index (χ0) is 12.1. The number of ether oxygens (including phenoxy) is 1. The van der Waals surface area contributed by atoms with Crippen molar-refractivity contribution in [2.45, 2.75) is 31.3 Å². The first-order chi connectivity index (χ1) is 7.58. The van der Waals surface area contributed by atoms with E-state index in [1.807, 2.05) is 0 Å². The molecule has 1 aromatic carbocycles. The van der Waals surface area contributed by atoms with E-state index in [0.717, 1.165) is 12.3 Å². The summed E-state index contributed by atoms with van der Waals surface area (Å²) in [6.45, 7) is 5.36. The Kier molecular flexibility index (Phi) is 5.16. The molecule has 0 heterocycles. The van der Waals surface area contributed by atoms with E-state index in [-0.39, 0.29) is 0 Å². The first-order valence-corrected chi connectivity index (χ1v) is 6.72. The fourth-order valence-corrected chi connectivity index (χ4v) is 2.00. The highest BCUT2D eigenvalue weighted by Gasteiger charge is 2.07. The van der Waals surface area contributed by atoms with Gasteiger partial charge in [-0.15, -0.1) is 11.8 Å². The molecule has 1 rings (SSSR count). The number of hydrogen-bond acceptors (Lipinski definition) is 3. The molecule has 0 saturated heterocycles. The molecule has 0 aliphatic carbocycles. The van der Waals surface area contributed by atoms with Crippen molar-refractivity contribution in [1.82, 2.24) is 4.90 Å². The fraction of sp³-hybridized carbons (Fsp3) is 0.538. The lowest BCUT2D eigenvalue weighted by Crippen LogP contribution is -2.25. The van der Waals surface area contributed by atoms with Gasteiger partial charge in [-0.2, -0.15) is 0 Å². The SMILES string of the molecule is COc1cc(CN(C)C(C)C)ccc1SC. The summed E-state index contributed by atoms with van der Waals surface area (Å²) in [5.41, 5.74) is 1.30. The van der Waals surface area contributed by atoms with Crippen LogP contribution in [0.5, 0.6) is 5.75 Å². The quantitative estimate of drug-likeness (QED) is 0.732. The second-order valence-corrected chi connectivity index (χ2v) is 5.05. The van der Waals surface area contributed by atoms with E-state index in [4.69, 9.17) is 4.74 Å². The summed E-state index contributed by atoms with van der Waals surface area (Å²) in [6.07, 6.45) is 2.07. The number of methoxy groups -OCH3 is 1.